The van der Waals surface area contributed by atoms with Crippen LogP contribution in [-0.4, -0.2) is 15.9 Å². The molecule has 2 aromatic heterocycles. The highest BCUT2D eigenvalue weighted by atomic mass is 35.5. The third kappa shape index (κ3) is 3.71. The van der Waals surface area contributed by atoms with Gasteiger partial charge in [0.15, 0.2) is 5.13 Å². The number of aromatic nitrogens is 2. The number of fused-ring (bicyclic) bond motifs is 2. The van der Waals surface area contributed by atoms with E-state index in [0.717, 1.165) is 28.6 Å². The maximum atomic E-state index is 13.6. The Balaban J connectivity index is 1.56. The van der Waals surface area contributed by atoms with Crippen LogP contribution in [-0.2, 0) is 19.4 Å². The van der Waals surface area contributed by atoms with Gasteiger partial charge >= 0.3 is 0 Å². The average Bonchev–Trinajstić information content (AvgIpc) is 3.23. The predicted molar refractivity (Wildman–Crippen MR) is 122 cm³/mol. The second-order valence-corrected chi connectivity index (χ2v) is 8.94. The maximum absolute atomic E-state index is 13.6. The Bertz CT molecular complexity index is 1220. The number of halogens is 1. The van der Waals surface area contributed by atoms with Crippen molar-refractivity contribution in [1.29, 1.82) is 0 Å². The second kappa shape index (κ2) is 8.17. The van der Waals surface area contributed by atoms with Gasteiger partial charge in [0.25, 0.3) is 5.91 Å². The number of benzene rings is 2. The number of thiazole rings is 1. The molecule has 0 aliphatic heterocycles. The summed E-state index contributed by atoms with van der Waals surface area (Å²) in [5, 5.41) is 1.24. The van der Waals surface area contributed by atoms with Gasteiger partial charge in [0, 0.05) is 18.0 Å². The first-order chi connectivity index (χ1) is 14.7. The largest absolute Gasteiger partial charge is 0.279 e. The highest BCUT2D eigenvalue weighted by molar-refractivity contribution is 7.22. The monoisotopic (exact) mass is 433 g/mol. The van der Waals surface area contributed by atoms with Gasteiger partial charge in [0.05, 0.1) is 16.3 Å². The lowest BCUT2D eigenvalue weighted by atomic mass is 9.90. The summed E-state index contributed by atoms with van der Waals surface area (Å²) in [5.41, 5.74) is 5.04. The lowest BCUT2D eigenvalue weighted by molar-refractivity contribution is 0.0985. The van der Waals surface area contributed by atoms with Gasteiger partial charge in [-0.05, 0) is 72.7 Å². The molecule has 1 amide bonds. The van der Waals surface area contributed by atoms with Crippen molar-refractivity contribution in [3.63, 3.8) is 0 Å². The number of amides is 1. The fraction of sp³-hybridized carbons (Fsp3) is 0.208. The van der Waals surface area contributed by atoms with E-state index in [9.17, 15) is 4.79 Å². The summed E-state index contributed by atoms with van der Waals surface area (Å²) in [6.45, 7) is 0.404. The normalized spacial score (nSPS) is 13.2. The van der Waals surface area contributed by atoms with Gasteiger partial charge in [0.2, 0.25) is 0 Å². The molecule has 30 heavy (non-hydrogen) atoms. The van der Waals surface area contributed by atoms with Crippen LogP contribution in [0.15, 0.2) is 60.9 Å². The summed E-state index contributed by atoms with van der Waals surface area (Å²) >= 11 is 7.82. The molecule has 6 heteroatoms. The Morgan fingerprint density at radius 1 is 1.07 bits per heavy atom. The minimum Gasteiger partial charge on any atom is -0.279 e. The van der Waals surface area contributed by atoms with Crippen LogP contribution in [0.25, 0.3) is 10.2 Å². The molecule has 0 atom stereocenters. The average molecular weight is 434 g/mol. The molecule has 0 bridgehead atoms. The topological polar surface area (TPSA) is 46.1 Å². The van der Waals surface area contributed by atoms with Crippen molar-refractivity contribution >= 4 is 44.2 Å². The standard InChI is InChI=1S/C24H20ClN3OS/c25-20-8-3-9-21-22(20)27-24(30-21)28(15-16-5-4-12-26-14-16)23(29)19-11-10-17-6-1-2-7-18(17)13-19/h3-5,8-14H,1-2,6-7,15H2. The number of pyridine rings is 1. The van der Waals surface area contributed by atoms with Crippen molar-refractivity contribution in [2.75, 3.05) is 4.90 Å². The van der Waals surface area contributed by atoms with E-state index >= 15 is 0 Å². The van der Waals surface area contributed by atoms with E-state index in [2.05, 4.69) is 17.1 Å². The van der Waals surface area contributed by atoms with Crippen LogP contribution in [0.5, 0.6) is 0 Å². The summed E-state index contributed by atoms with van der Waals surface area (Å²) < 4.78 is 0.965. The summed E-state index contributed by atoms with van der Waals surface area (Å²) in [4.78, 5) is 24.3. The van der Waals surface area contributed by atoms with Gasteiger partial charge in [0.1, 0.15) is 5.52 Å². The van der Waals surface area contributed by atoms with Crippen molar-refractivity contribution in [3.05, 3.63) is 88.2 Å². The van der Waals surface area contributed by atoms with Crippen molar-refractivity contribution in [2.45, 2.75) is 32.2 Å². The third-order valence-corrected chi connectivity index (χ3v) is 6.84. The number of hydrogen-bond acceptors (Lipinski definition) is 4. The Morgan fingerprint density at radius 2 is 1.93 bits per heavy atom. The minimum atomic E-state index is -0.0533. The number of anilines is 1. The molecule has 0 spiro atoms. The third-order valence-electron chi connectivity index (χ3n) is 5.49. The van der Waals surface area contributed by atoms with E-state index in [0.29, 0.717) is 22.3 Å². The zero-order chi connectivity index (χ0) is 20.5. The van der Waals surface area contributed by atoms with Crippen LogP contribution >= 0.6 is 22.9 Å². The van der Waals surface area contributed by atoms with Crippen molar-refractivity contribution in [1.82, 2.24) is 9.97 Å². The summed E-state index contributed by atoms with van der Waals surface area (Å²) in [6, 6.07) is 15.7. The molecule has 0 radical (unpaired) electrons. The van der Waals surface area contributed by atoms with Crippen LogP contribution in [0.4, 0.5) is 5.13 Å². The molecule has 0 saturated heterocycles. The molecule has 0 fully saturated rings. The number of hydrogen-bond donors (Lipinski definition) is 0. The number of nitrogens with zero attached hydrogens (tertiary/aromatic N) is 3. The fourth-order valence-electron chi connectivity index (χ4n) is 3.94. The van der Waals surface area contributed by atoms with E-state index in [-0.39, 0.29) is 5.91 Å². The molecule has 1 aliphatic carbocycles. The summed E-state index contributed by atoms with van der Waals surface area (Å²) in [5.74, 6) is -0.0533. The lowest BCUT2D eigenvalue weighted by Crippen LogP contribution is -2.30. The van der Waals surface area contributed by atoms with Gasteiger partial charge < -0.3 is 0 Å². The molecule has 150 valence electrons. The molecular formula is C24H20ClN3OS. The number of aryl methyl sites for hydroxylation is 2. The Labute approximate surface area is 184 Å². The van der Waals surface area contributed by atoms with Crippen LogP contribution < -0.4 is 4.90 Å². The van der Waals surface area contributed by atoms with Gasteiger partial charge in [-0.1, -0.05) is 41.1 Å². The van der Waals surface area contributed by atoms with E-state index in [1.807, 2.05) is 36.4 Å². The highest BCUT2D eigenvalue weighted by Crippen LogP contribution is 2.34. The fourth-order valence-corrected chi connectivity index (χ4v) is 5.20. The van der Waals surface area contributed by atoms with Gasteiger partial charge in [-0.3, -0.25) is 14.7 Å². The van der Waals surface area contributed by atoms with Gasteiger partial charge in [-0.25, -0.2) is 4.98 Å². The van der Waals surface area contributed by atoms with E-state index in [1.165, 1.54) is 35.3 Å². The molecule has 0 unspecified atom stereocenters. The van der Waals surface area contributed by atoms with E-state index in [1.54, 1.807) is 17.3 Å². The first kappa shape index (κ1) is 19.2. The van der Waals surface area contributed by atoms with Crippen molar-refractivity contribution in [2.24, 2.45) is 0 Å². The van der Waals surface area contributed by atoms with Crippen LogP contribution in [0.2, 0.25) is 5.02 Å². The minimum absolute atomic E-state index is 0.0533. The van der Waals surface area contributed by atoms with Gasteiger partial charge in [-0.15, -0.1) is 0 Å². The molecule has 2 heterocycles. The first-order valence-electron chi connectivity index (χ1n) is 10.1. The van der Waals surface area contributed by atoms with E-state index < -0.39 is 0 Å². The lowest BCUT2D eigenvalue weighted by Gasteiger charge is -2.22. The second-order valence-electron chi connectivity index (χ2n) is 7.53. The van der Waals surface area contributed by atoms with Crippen LogP contribution in [0.1, 0.15) is 39.9 Å². The molecular weight excluding hydrogens is 414 g/mol. The molecule has 1 aliphatic rings. The molecule has 4 nitrogen and oxygen atoms in total. The number of rotatable bonds is 4. The van der Waals surface area contributed by atoms with Gasteiger partial charge in [-0.2, -0.15) is 0 Å². The van der Waals surface area contributed by atoms with E-state index in [4.69, 9.17) is 16.6 Å². The quantitative estimate of drug-likeness (QED) is 0.392. The summed E-state index contributed by atoms with van der Waals surface area (Å²) in [7, 11) is 0. The SMILES string of the molecule is O=C(c1ccc2c(c1)CCCC2)N(Cc1cccnc1)c1nc2c(Cl)cccc2s1. The zero-order valence-corrected chi connectivity index (χ0v) is 17.9. The smallest absolute Gasteiger partial charge is 0.260 e. The molecule has 0 saturated carbocycles. The Morgan fingerprint density at radius 3 is 2.73 bits per heavy atom. The molecule has 2 aromatic carbocycles. The number of para-hydroxylation sites is 1. The Hall–Kier alpha value is -2.76. The molecule has 0 N–H and O–H groups in total. The zero-order valence-electron chi connectivity index (χ0n) is 16.3. The first-order valence-corrected chi connectivity index (χ1v) is 11.3. The summed E-state index contributed by atoms with van der Waals surface area (Å²) in [6.07, 6.45) is 8.06. The number of carbonyl (C=O) groups is 1. The highest BCUT2D eigenvalue weighted by Gasteiger charge is 2.23. The van der Waals surface area contributed by atoms with Crippen LogP contribution in [0, 0.1) is 0 Å². The van der Waals surface area contributed by atoms with Crippen molar-refractivity contribution < 1.29 is 4.79 Å². The molecule has 5 rings (SSSR count). The number of carbonyl (C=O) groups excluding carboxylic acids is 1. The predicted octanol–water partition coefficient (Wildman–Crippen LogP) is 6.07. The van der Waals surface area contributed by atoms with Crippen molar-refractivity contribution in [3.8, 4) is 0 Å². The van der Waals surface area contributed by atoms with Crippen LogP contribution in [0.3, 0.4) is 0 Å². The Kier molecular flexibility index (Phi) is 5.23. The molecule has 4 aromatic rings. The maximum Gasteiger partial charge on any atom is 0.260 e.